The number of carbonyl (C=O) groups is 2. The molecule has 2 aromatic carbocycles. The monoisotopic (exact) mass is 407 g/mol. The van der Waals surface area contributed by atoms with Gasteiger partial charge in [0.2, 0.25) is 5.91 Å². The third-order valence-electron chi connectivity index (χ3n) is 3.78. The van der Waals surface area contributed by atoms with Crippen LogP contribution in [0.3, 0.4) is 0 Å². The van der Waals surface area contributed by atoms with Gasteiger partial charge in [0.05, 0.1) is 12.1 Å². The SMILES string of the molecule is COc1cc(/C=C/C(=O)NC(C)C(=O)O)ccc1OCc1c(F)cccc1Cl. The summed E-state index contributed by atoms with van der Waals surface area (Å²) in [7, 11) is 1.45. The average Bonchev–Trinajstić information content (AvgIpc) is 2.66. The van der Waals surface area contributed by atoms with Gasteiger partial charge < -0.3 is 19.9 Å². The molecule has 0 spiro atoms. The number of ether oxygens (including phenoxy) is 2. The molecule has 2 aromatic rings. The highest BCUT2D eigenvalue weighted by molar-refractivity contribution is 6.31. The number of nitrogens with one attached hydrogen (secondary N) is 1. The van der Waals surface area contributed by atoms with Gasteiger partial charge >= 0.3 is 5.97 Å². The van der Waals surface area contributed by atoms with Gasteiger partial charge in [-0.25, -0.2) is 4.39 Å². The maximum absolute atomic E-state index is 13.8. The molecule has 8 heteroatoms. The zero-order chi connectivity index (χ0) is 20.7. The lowest BCUT2D eigenvalue weighted by Crippen LogP contribution is -2.37. The van der Waals surface area contributed by atoms with Crippen molar-refractivity contribution in [1.29, 1.82) is 0 Å². The lowest BCUT2D eigenvalue weighted by Gasteiger charge is -2.12. The van der Waals surface area contributed by atoms with Crippen molar-refractivity contribution in [3.8, 4) is 11.5 Å². The number of hydrogen-bond acceptors (Lipinski definition) is 4. The van der Waals surface area contributed by atoms with Gasteiger partial charge in [0.25, 0.3) is 0 Å². The fourth-order valence-electron chi connectivity index (χ4n) is 2.22. The van der Waals surface area contributed by atoms with Crippen LogP contribution in [0.4, 0.5) is 4.39 Å². The van der Waals surface area contributed by atoms with E-state index in [0.29, 0.717) is 17.1 Å². The van der Waals surface area contributed by atoms with Crippen LogP contribution in [0.2, 0.25) is 5.02 Å². The fraction of sp³-hybridized carbons (Fsp3) is 0.200. The fourth-order valence-corrected chi connectivity index (χ4v) is 2.44. The summed E-state index contributed by atoms with van der Waals surface area (Å²) in [5, 5.41) is 11.4. The largest absolute Gasteiger partial charge is 0.493 e. The quantitative estimate of drug-likeness (QED) is 0.652. The van der Waals surface area contributed by atoms with E-state index >= 15 is 0 Å². The Morgan fingerprint density at radius 2 is 2.04 bits per heavy atom. The van der Waals surface area contributed by atoms with Gasteiger partial charge in [-0.3, -0.25) is 9.59 Å². The van der Waals surface area contributed by atoms with Crippen molar-refractivity contribution in [3.05, 3.63) is 64.4 Å². The molecule has 1 atom stereocenters. The number of benzene rings is 2. The van der Waals surface area contributed by atoms with Crippen molar-refractivity contribution < 1.29 is 28.6 Å². The number of methoxy groups -OCH3 is 1. The second kappa shape index (κ2) is 9.75. The van der Waals surface area contributed by atoms with Crippen LogP contribution in [-0.2, 0) is 16.2 Å². The maximum atomic E-state index is 13.8. The van der Waals surface area contributed by atoms with Gasteiger partial charge in [0, 0.05) is 11.6 Å². The summed E-state index contributed by atoms with van der Waals surface area (Å²) < 4.78 is 24.7. The summed E-state index contributed by atoms with van der Waals surface area (Å²) in [5.41, 5.74) is 0.866. The first-order valence-corrected chi connectivity index (χ1v) is 8.64. The molecule has 1 amide bonds. The molecular weight excluding hydrogens is 389 g/mol. The van der Waals surface area contributed by atoms with Crippen molar-refractivity contribution in [3.63, 3.8) is 0 Å². The van der Waals surface area contributed by atoms with Crippen molar-refractivity contribution in [1.82, 2.24) is 5.32 Å². The van der Waals surface area contributed by atoms with Crippen molar-refractivity contribution in [2.24, 2.45) is 0 Å². The van der Waals surface area contributed by atoms with E-state index in [1.54, 1.807) is 24.3 Å². The smallest absolute Gasteiger partial charge is 0.325 e. The standard InChI is InChI=1S/C20H19ClFNO5/c1-12(20(25)26)23-19(24)9-7-13-6-8-17(18(10-13)27-2)28-11-14-15(21)4-3-5-16(14)22/h3-10,12H,11H2,1-2H3,(H,23,24)(H,25,26)/b9-7+. The third-order valence-corrected chi connectivity index (χ3v) is 4.13. The lowest BCUT2D eigenvalue weighted by molar-refractivity contribution is -0.140. The minimum atomic E-state index is -1.13. The van der Waals surface area contributed by atoms with Crippen molar-refractivity contribution in [2.45, 2.75) is 19.6 Å². The summed E-state index contributed by atoms with van der Waals surface area (Å²) in [6, 6.07) is 8.30. The minimum absolute atomic E-state index is 0.0768. The van der Waals surface area contributed by atoms with Gasteiger partial charge in [-0.05, 0) is 42.8 Å². The number of carboxylic acid groups (broad SMARTS) is 1. The van der Waals surface area contributed by atoms with E-state index in [0.717, 1.165) is 0 Å². The minimum Gasteiger partial charge on any atom is -0.493 e. The van der Waals surface area contributed by atoms with E-state index in [9.17, 15) is 14.0 Å². The Morgan fingerprint density at radius 1 is 1.29 bits per heavy atom. The first-order valence-electron chi connectivity index (χ1n) is 8.27. The van der Waals surface area contributed by atoms with E-state index < -0.39 is 23.7 Å². The first kappa shape index (κ1) is 21.2. The molecule has 0 bridgehead atoms. The predicted molar refractivity (Wildman–Crippen MR) is 103 cm³/mol. The average molecular weight is 408 g/mol. The van der Waals surface area contributed by atoms with Crippen LogP contribution in [0.5, 0.6) is 11.5 Å². The van der Waals surface area contributed by atoms with E-state index in [2.05, 4.69) is 5.32 Å². The van der Waals surface area contributed by atoms with E-state index in [-0.39, 0.29) is 17.2 Å². The number of amides is 1. The number of aliphatic carboxylic acids is 1. The molecule has 2 rings (SSSR count). The van der Waals surface area contributed by atoms with Crippen LogP contribution in [0, 0.1) is 5.82 Å². The van der Waals surface area contributed by atoms with Crippen LogP contribution >= 0.6 is 11.6 Å². The zero-order valence-corrected chi connectivity index (χ0v) is 16.0. The summed E-state index contributed by atoms with van der Waals surface area (Å²) in [6.45, 7) is 1.29. The second-order valence-corrected chi connectivity index (χ2v) is 6.21. The highest BCUT2D eigenvalue weighted by atomic mass is 35.5. The molecule has 6 nitrogen and oxygen atoms in total. The maximum Gasteiger partial charge on any atom is 0.325 e. The zero-order valence-electron chi connectivity index (χ0n) is 15.2. The summed E-state index contributed by atoms with van der Waals surface area (Å²) >= 11 is 5.99. The molecular formula is C20H19ClFNO5. The Labute approximate surface area is 166 Å². The number of hydrogen-bond donors (Lipinski definition) is 2. The van der Waals surface area contributed by atoms with Gasteiger partial charge in [-0.15, -0.1) is 0 Å². The number of carboxylic acids is 1. The molecule has 0 saturated heterocycles. The molecule has 0 heterocycles. The van der Waals surface area contributed by atoms with Crippen molar-refractivity contribution >= 4 is 29.6 Å². The summed E-state index contributed by atoms with van der Waals surface area (Å²) in [4.78, 5) is 22.4. The summed E-state index contributed by atoms with van der Waals surface area (Å²) in [6.07, 6.45) is 2.72. The molecule has 0 aliphatic rings. The molecule has 148 valence electrons. The highest BCUT2D eigenvalue weighted by Crippen LogP contribution is 2.30. The van der Waals surface area contributed by atoms with Gasteiger partial charge in [-0.2, -0.15) is 0 Å². The van der Waals surface area contributed by atoms with Gasteiger partial charge in [-0.1, -0.05) is 23.7 Å². The lowest BCUT2D eigenvalue weighted by atomic mass is 10.1. The molecule has 0 aromatic heterocycles. The molecule has 2 N–H and O–H groups in total. The van der Waals surface area contributed by atoms with E-state index in [1.807, 2.05) is 0 Å². The van der Waals surface area contributed by atoms with Crippen molar-refractivity contribution in [2.75, 3.05) is 7.11 Å². The second-order valence-electron chi connectivity index (χ2n) is 5.80. The van der Waals surface area contributed by atoms with Crippen LogP contribution < -0.4 is 14.8 Å². The van der Waals surface area contributed by atoms with Crippen LogP contribution in [0.25, 0.3) is 6.08 Å². The van der Waals surface area contributed by atoms with E-state index in [1.165, 1.54) is 38.3 Å². The predicted octanol–water partition coefficient (Wildman–Crippen LogP) is 3.67. The Balaban J connectivity index is 2.08. The number of carbonyl (C=O) groups excluding carboxylic acids is 1. The molecule has 0 aliphatic heterocycles. The van der Waals surface area contributed by atoms with Gasteiger partial charge in [0.1, 0.15) is 18.5 Å². The molecule has 1 unspecified atom stereocenters. The van der Waals surface area contributed by atoms with Crippen LogP contribution in [0.1, 0.15) is 18.1 Å². The molecule has 0 saturated carbocycles. The van der Waals surface area contributed by atoms with Gasteiger partial charge in [0.15, 0.2) is 11.5 Å². The van der Waals surface area contributed by atoms with Crippen LogP contribution in [0.15, 0.2) is 42.5 Å². The van der Waals surface area contributed by atoms with E-state index in [4.69, 9.17) is 26.2 Å². The Bertz CT molecular complexity index is 880. The third kappa shape index (κ3) is 5.72. The molecule has 28 heavy (non-hydrogen) atoms. The number of rotatable bonds is 8. The summed E-state index contributed by atoms with van der Waals surface area (Å²) in [5.74, 6) is -1.37. The Morgan fingerprint density at radius 3 is 2.68 bits per heavy atom. The molecule has 0 aliphatic carbocycles. The Hall–Kier alpha value is -3.06. The van der Waals surface area contributed by atoms with Crippen LogP contribution in [-0.4, -0.2) is 30.1 Å². The highest BCUT2D eigenvalue weighted by Gasteiger charge is 2.12. The topological polar surface area (TPSA) is 84.9 Å². The first-order chi connectivity index (χ1) is 13.3. The normalized spacial score (nSPS) is 11.9. The molecule has 0 fully saturated rings. The molecule has 0 radical (unpaired) electrons. The number of halogens is 2. The Kier molecular flexibility index (Phi) is 7.40.